The molecule has 1 aromatic rings. The van der Waals surface area contributed by atoms with Crippen molar-refractivity contribution in [1.82, 2.24) is 0 Å². The van der Waals surface area contributed by atoms with E-state index >= 15 is 0 Å². The second-order valence-corrected chi connectivity index (χ2v) is 6.33. The number of carbonyl (C=O) groups excluding carboxylic acids is 1. The maximum Gasteiger partial charge on any atom is 0.332 e. The van der Waals surface area contributed by atoms with Crippen molar-refractivity contribution in [3.05, 3.63) is 35.9 Å². The summed E-state index contributed by atoms with van der Waals surface area (Å²) in [6.07, 6.45) is 1.73. The molecule has 0 N–H and O–H groups in total. The van der Waals surface area contributed by atoms with E-state index in [0.29, 0.717) is 13.2 Å². The van der Waals surface area contributed by atoms with Crippen LogP contribution in [0.2, 0.25) is 0 Å². The maximum atomic E-state index is 11.4. The van der Waals surface area contributed by atoms with Crippen LogP contribution in [0.3, 0.4) is 0 Å². The number of hydrogen-bond donors (Lipinski definition) is 1. The minimum absolute atomic E-state index is 0.000831. The van der Waals surface area contributed by atoms with Crippen molar-refractivity contribution in [2.45, 2.75) is 38.0 Å². The summed E-state index contributed by atoms with van der Waals surface area (Å²) in [5, 5.41) is 0. The number of rotatable bonds is 8. The molecule has 0 fully saturated rings. The Hall–Kier alpha value is -1.00. The molecule has 1 aromatic carbocycles. The first kappa shape index (κ1) is 16.1. The first-order valence-corrected chi connectivity index (χ1v) is 6.92. The summed E-state index contributed by atoms with van der Waals surface area (Å²) in [7, 11) is 0. The Balaban J connectivity index is 2.05. The normalized spacial score (nSPS) is 11.3. The van der Waals surface area contributed by atoms with Gasteiger partial charge in [-0.15, -0.1) is 0 Å². The molecular formula is C15H22O3S. The second kappa shape index (κ2) is 8.23. The fraction of sp³-hybridized carbons (Fsp3) is 0.533. The van der Waals surface area contributed by atoms with Gasteiger partial charge in [-0.05, 0) is 18.4 Å². The highest BCUT2D eigenvalue weighted by atomic mass is 32.1. The third-order valence-corrected chi connectivity index (χ3v) is 2.75. The first-order chi connectivity index (χ1) is 8.97. The Morgan fingerprint density at radius 1 is 1.26 bits per heavy atom. The molecule has 1 rings (SSSR count). The number of esters is 1. The Bertz CT molecular complexity index is 371. The van der Waals surface area contributed by atoms with Gasteiger partial charge in [-0.1, -0.05) is 44.2 Å². The van der Waals surface area contributed by atoms with E-state index < -0.39 is 0 Å². The van der Waals surface area contributed by atoms with Crippen LogP contribution in [0.1, 0.15) is 32.3 Å². The molecule has 0 aliphatic rings. The smallest absolute Gasteiger partial charge is 0.332 e. The van der Waals surface area contributed by atoms with E-state index in [0.717, 1.165) is 18.4 Å². The molecule has 0 saturated heterocycles. The molecule has 0 unspecified atom stereocenters. The van der Waals surface area contributed by atoms with E-state index in [1.54, 1.807) is 0 Å². The van der Waals surface area contributed by atoms with Gasteiger partial charge < -0.3 is 9.47 Å². The molecule has 3 nitrogen and oxygen atoms in total. The van der Waals surface area contributed by atoms with Crippen molar-refractivity contribution < 1.29 is 14.3 Å². The van der Waals surface area contributed by atoms with Crippen molar-refractivity contribution in [1.29, 1.82) is 0 Å². The average Bonchev–Trinajstić information content (AvgIpc) is 2.35. The molecular weight excluding hydrogens is 260 g/mol. The largest absolute Gasteiger partial charge is 0.464 e. The van der Waals surface area contributed by atoms with Gasteiger partial charge in [-0.25, -0.2) is 4.79 Å². The summed E-state index contributed by atoms with van der Waals surface area (Å²) >= 11 is 4.41. The van der Waals surface area contributed by atoms with Crippen LogP contribution in [0.4, 0.5) is 0 Å². The summed E-state index contributed by atoms with van der Waals surface area (Å²) in [5.41, 5.74) is 1.05. The number of carbonyl (C=O) groups is 1. The lowest BCUT2D eigenvalue weighted by molar-refractivity contribution is -0.149. The summed E-state index contributed by atoms with van der Waals surface area (Å²) < 4.78 is 10.3. The summed E-state index contributed by atoms with van der Waals surface area (Å²) in [5.74, 6) is -0.312. The van der Waals surface area contributed by atoms with E-state index in [1.807, 2.05) is 44.2 Å². The number of ether oxygens (including phenoxy) is 2. The van der Waals surface area contributed by atoms with Gasteiger partial charge in [0.15, 0.2) is 0 Å². The molecule has 0 aromatic heterocycles. The molecule has 0 radical (unpaired) electrons. The number of hydrogen-bond acceptors (Lipinski definition) is 4. The van der Waals surface area contributed by atoms with Crippen molar-refractivity contribution in [3.63, 3.8) is 0 Å². The van der Waals surface area contributed by atoms with Crippen molar-refractivity contribution >= 4 is 18.6 Å². The Morgan fingerprint density at radius 2 is 1.95 bits per heavy atom. The van der Waals surface area contributed by atoms with Crippen LogP contribution in [0, 0.1) is 0 Å². The van der Waals surface area contributed by atoms with Crippen LogP contribution < -0.4 is 0 Å². The minimum Gasteiger partial charge on any atom is -0.464 e. The average molecular weight is 282 g/mol. The summed E-state index contributed by atoms with van der Waals surface area (Å²) in [4.78, 5) is 11.4. The summed E-state index contributed by atoms with van der Waals surface area (Å²) in [6, 6.07) is 9.74. The van der Waals surface area contributed by atoms with Crippen molar-refractivity contribution in [3.8, 4) is 0 Å². The molecule has 4 heteroatoms. The number of benzene rings is 1. The molecule has 106 valence electrons. The molecule has 0 heterocycles. The molecule has 0 aliphatic heterocycles. The lowest BCUT2D eigenvalue weighted by Crippen LogP contribution is -2.16. The molecule has 0 aliphatic carbocycles. The standard InChI is InChI=1S/C15H22O3S/c1-15(2,19)9-6-10-18-14(16)12-17-11-13-7-4-3-5-8-13/h3-5,7-8,19H,6,9-12H2,1-2H3. The van der Waals surface area contributed by atoms with Crippen LogP contribution in [0.5, 0.6) is 0 Å². The number of thiol groups is 1. The van der Waals surface area contributed by atoms with Crippen LogP contribution in [0.15, 0.2) is 30.3 Å². The Kier molecular flexibility index (Phi) is 6.95. The summed E-state index contributed by atoms with van der Waals surface area (Å²) in [6.45, 7) is 4.94. The van der Waals surface area contributed by atoms with Gasteiger partial charge >= 0.3 is 5.97 Å². The van der Waals surface area contributed by atoms with E-state index in [2.05, 4.69) is 12.6 Å². The van der Waals surface area contributed by atoms with Gasteiger partial charge in [0.2, 0.25) is 0 Å². The zero-order valence-corrected chi connectivity index (χ0v) is 12.5. The maximum absolute atomic E-state index is 11.4. The third kappa shape index (κ3) is 8.67. The van der Waals surface area contributed by atoms with Crippen molar-refractivity contribution in [2.24, 2.45) is 0 Å². The van der Waals surface area contributed by atoms with E-state index in [-0.39, 0.29) is 17.3 Å². The molecule has 0 spiro atoms. The quantitative estimate of drug-likeness (QED) is 0.452. The molecule has 0 amide bonds. The molecule has 0 bridgehead atoms. The molecule has 19 heavy (non-hydrogen) atoms. The van der Waals surface area contributed by atoms with E-state index in [1.165, 1.54) is 0 Å². The lowest BCUT2D eigenvalue weighted by atomic mass is 10.1. The SMILES string of the molecule is CC(C)(S)CCCOC(=O)COCc1ccccc1. The monoisotopic (exact) mass is 282 g/mol. The Morgan fingerprint density at radius 3 is 2.58 bits per heavy atom. The Labute approximate surface area is 120 Å². The zero-order chi connectivity index (χ0) is 14.1. The minimum atomic E-state index is -0.312. The third-order valence-electron chi connectivity index (χ3n) is 2.53. The highest BCUT2D eigenvalue weighted by Gasteiger charge is 2.11. The predicted molar refractivity (Wildman–Crippen MR) is 79.4 cm³/mol. The highest BCUT2D eigenvalue weighted by molar-refractivity contribution is 7.81. The van der Waals surface area contributed by atoms with Crippen LogP contribution in [-0.2, 0) is 20.9 Å². The van der Waals surface area contributed by atoms with E-state index in [4.69, 9.17) is 9.47 Å². The lowest BCUT2D eigenvalue weighted by Gasteiger charge is -2.16. The van der Waals surface area contributed by atoms with Gasteiger partial charge in [0, 0.05) is 4.75 Å². The zero-order valence-electron chi connectivity index (χ0n) is 11.6. The fourth-order valence-corrected chi connectivity index (χ4v) is 1.72. The van der Waals surface area contributed by atoms with Crippen LogP contribution >= 0.6 is 12.6 Å². The molecule has 0 atom stereocenters. The van der Waals surface area contributed by atoms with Crippen LogP contribution in [0.25, 0.3) is 0 Å². The fourth-order valence-electron chi connectivity index (χ4n) is 1.56. The van der Waals surface area contributed by atoms with Crippen LogP contribution in [-0.4, -0.2) is 23.9 Å². The van der Waals surface area contributed by atoms with Gasteiger partial charge in [0.05, 0.1) is 13.2 Å². The van der Waals surface area contributed by atoms with Gasteiger partial charge in [0.1, 0.15) is 6.61 Å². The van der Waals surface area contributed by atoms with Gasteiger partial charge in [0.25, 0.3) is 0 Å². The first-order valence-electron chi connectivity index (χ1n) is 6.47. The highest BCUT2D eigenvalue weighted by Crippen LogP contribution is 2.18. The topological polar surface area (TPSA) is 35.5 Å². The molecule has 0 saturated carbocycles. The predicted octanol–water partition coefficient (Wildman–Crippen LogP) is 3.24. The second-order valence-electron chi connectivity index (χ2n) is 5.11. The van der Waals surface area contributed by atoms with Crippen molar-refractivity contribution in [2.75, 3.05) is 13.2 Å². The van der Waals surface area contributed by atoms with E-state index in [9.17, 15) is 4.79 Å². The van der Waals surface area contributed by atoms with Gasteiger partial charge in [-0.2, -0.15) is 12.6 Å². The van der Waals surface area contributed by atoms with Gasteiger partial charge in [-0.3, -0.25) is 0 Å².